The Hall–Kier alpha value is -4.40. The lowest BCUT2D eigenvalue weighted by molar-refractivity contribution is -0.286. The predicted octanol–water partition coefficient (Wildman–Crippen LogP) is 2.93. The molecule has 2 aromatic carbocycles. The molecular weight excluding hydrogens is 596 g/mol. The Balaban J connectivity index is 2.15. The number of esters is 4. The molecule has 1 fully saturated rings. The monoisotopic (exact) mass is 634 g/mol. The molecule has 0 saturated carbocycles. The van der Waals surface area contributed by atoms with Crippen LogP contribution in [0, 0.1) is 0 Å². The van der Waals surface area contributed by atoms with Gasteiger partial charge in [0, 0.05) is 34.8 Å². The number of hydrogen-bond donors (Lipinski definition) is 0. The first-order valence-corrected chi connectivity index (χ1v) is 13.9. The Morgan fingerprint density at radius 2 is 1.42 bits per heavy atom. The maximum absolute atomic E-state index is 12.2. The molecule has 6 atom stereocenters. The van der Waals surface area contributed by atoms with Gasteiger partial charge in [-0.15, -0.1) is 0 Å². The van der Waals surface area contributed by atoms with Crippen molar-refractivity contribution in [3.05, 3.63) is 48.0 Å². The minimum atomic E-state index is -1.20. The normalized spacial score (nSPS) is 20.6. The largest absolute Gasteiger partial charge is 0.493 e. The first kappa shape index (κ1) is 35.1. The van der Waals surface area contributed by atoms with Gasteiger partial charge >= 0.3 is 23.9 Å². The minimum Gasteiger partial charge on any atom is -0.493 e. The predicted molar refractivity (Wildman–Crippen MR) is 154 cm³/mol. The highest BCUT2D eigenvalue weighted by molar-refractivity contribution is 5.70. The van der Waals surface area contributed by atoms with E-state index in [0.29, 0.717) is 17.1 Å². The molecule has 3 rings (SSSR count). The highest BCUT2D eigenvalue weighted by atomic mass is 16.7. The number of para-hydroxylation sites is 2. The molecule has 0 bridgehead atoms. The molecular formula is C31H38O14. The van der Waals surface area contributed by atoms with Gasteiger partial charge in [-0.25, -0.2) is 0 Å². The fraction of sp³-hybridized carbons (Fsp3) is 0.484. The van der Waals surface area contributed by atoms with Crippen molar-refractivity contribution in [3.8, 4) is 23.0 Å². The Kier molecular flexibility index (Phi) is 12.9. The van der Waals surface area contributed by atoms with E-state index >= 15 is 0 Å². The van der Waals surface area contributed by atoms with Crippen LogP contribution in [0.15, 0.2) is 42.5 Å². The van der Waals surface area contributed by atoms with Crippen LogP contribution in [0.1, 0.15) is 39.4 Å². The van der Waals surface area contributed by atoms with Gasteiger partial charge in [-0.3, -0.25) is 19.2 Å². The van der Waals surface area contributed by atoms with E-state index in [2.05, 4.69) is 0 Å². The minimum absolute atomic E-state index is 0.145. The molecule has 2 aromatic rings. The number of carbonyl (C=O) groups is 4. The topological polar surface area (TPSA) is 161 Å². The molecule has 246 valence electrons. The zero-order chi connectivity index (χ0) is 33.1. The number of carbonyl (C=O) groups excluding carboxylic acids is 4. The lowest BCUT2D eigenvalue weighted by Crippen LogP contribution is -2.58. The first-order valence-electron chi connectivity index (χ1n) is 13.9. The van der Waals surface area contributed by atoms with Crippen molar-refractivity contribution in [2.75, 3.05) is 34.5 Å². The zero-order valence-electron chi connectivity index (χ0n) is 26.1. The Morgan fingerprint density at radius 3 is 2.00 bits per heavy atom. The summed E-state index contributed by atoms with van der Waals surface area (Å²) in [5, 5.41) is 0. The van der Waals surface area contributed by atoms with E-state index in [-0.39, 0.29) is 24.7 Å². The number of benzene rings is 2. The second kappa shape index (κ2) is 16.6. The van der Waals surface area contributed by atoms with Crippen LogP contribution in [-0.2, 0) is 47.6 Å². The van der Waals surface area contributed by atoms with Crippen LogP contribution in [0.25, 0.3) is 0 Å². The summed E-state index contributed by atoms with van der Waals surface area (Å²) in [5.74, 6) is -1.45. The van der Waals surface area contributed by atoms with Gasteiger partial charge in [0.25, 0.3) is 0 Å². The summed E-state index contributed by atoms with van der Waals surface area (Å²) in [6, 6.07) is 11.5. The van der Waals surface area contributed by atoms with Crippen LogP contribution < -0.4 is 18.9 Å². The van der Waals surface area contributed by atoms with Crippen LogP contribution >= 0.6 is 0 Å². The Morgan fingerprint density at radius 1 is 0.778 bits per heavy atom. The molecule has 1 aliphatic rings. The average molecular weight is 635 g/mol. The highest BCUT2D eigenvalue weighted by Crippen LogP contribution is 2.38. The zero-order valence-corrected chi connectivity index (χ0v) is 26.1. The fourth-order valence-corrected chi connectivity index (χ4v) is 4.64. The van der Waals surface area contributed by atoms with Crippen LogP contribution in [-0.4, -0.2) is 89.1 Å². The van der Waals surface area contributed by atoms with Gasteiger partial charge in [0.2, 0.25) is 0 Å². The third-order valence-electron chi connectivity index (χ3n) is 6.45. The molecule has 14 heteroatoms. The number of hydrogen-bond acceptors (Lipinski definition) is 14. The second-order valence-electron chi connectivity index (χ2n) is 9.79. The summed E-state index contributed by atoms with van der Waals surface area (Å²) in [6.07, 6.45) is -6.66. The van der Waals surface area contributed by atoms with Crippen molar-refractivity contribution in [1.82, 2.24) is 0 Å². The van der Waals surface area contributed by atoms with Gasteiger partial charge in [0.1, 0.15) is 18.8 Å². The summed E-state index contributed by atoms with van der Waals surface area (Å²) in [4.78, 5) is 47.9. The van der Waals surface area contributed by atoms with Gasteiger partial charge in [0.05, 0.1) is 20.8 Å². The summed E-state index contributed by atoms with van der Waals surface area (Å²) in [7, 11) is 4.22. The smallest absolute Gasteiger partial charge is 0.308 e. The summed E-state index contributed by atoms with van der Waals surface area (Å²) in [5.41, 5.74) is 0.425. The third kappa shape index (κ3) is 9.80. The van der Waals surface area contributed by atoms with Crippen LogP contribution in [0.3, 0.4) is 0 Å². The molecule has 0 N–H and O–H groups in total. The quantitative estimate of drug-likeness (QED) is 0.169. The molecule has 0 spiro atoms. The van der Waals surface area contributed by atoms with E-state index in [0.717, 1.165) is 0 Å². The molecule has 0 aliphatic carbocycles. The van der Waals surface area contributed by atoms with E-state index in [1.807, 2.05) is 0 Å². The van der Waals surface area contributed by atoms with Crippen molar-refractivity contribution < 1.29 is 66.5 Å². The number of methoxy groups -OCH3 is 3. The van der Waals surface area contributed by atoms with Gasteiger partial charge in [-0.1, -0.05) is 18.2 Å². The standard InChI is InChI=1S/C31H38O14/c1-17(32)39-15-26(44-23-11-9-8-10-22(23)36-5)28(21-12-13-24(41-18(2)33)25(14-21)37-6)45-27-16-40-31(38-7)30(43-20(4)35)29(27)42-19(3)34/h8-14,26-31H,15-16H2,1-7H3/t26-,27+,28+,29-,30+,31+/m0/s1. The number of rotatable bonds is 14. The average Bonchev–Trinajstić information content (AvgIpc) is 2.99. The van der Waals surface area contributed by atoms with Crippen molar-refractivity contribution in [3.63, 3.8) is 0 Å². The molecule has 0 amide bonds. The van der Waals surface area contributed by atoms with E-state index in [1.165, 1.54) is 55.1 Å². The number of ether oxygens (including phenoxy) is 10. The molecule has 1 aliphatic heterocycles. The van der Waals surface area contributed by atoms with Gasteiger partial charge in [0.15, 0.2) is 47.6 Å². The van der Waals surface area contributed by atoms with Crippen molar-refractivity contribution in [1.29, 1.82) is 0 Å². The van der Waals surface area contributed by atoms with Crippen LogP contribution in [0.2, 0.25) is 0 Å². The maximum atomic E-state index is 12.2. The van der Waals surface area contributed by atoms with Gasteiger partial charge < -0.3 is 47.4 Å². The summed E-state index contributed by atoms with van der Waals surface area (Å²) < 4.78 is 56.7. The van der Waals surface area contributed by atoms with E-state index in [4.69, 9.17) is 47.4 Å². The summed E-state index contributed by atoms with van der Waals surface area (Å²) >= 11 is 0. The van der Waals surface area contributed by atoms with Crippen LogP contribution in [0.5, 0.6) is 23.0 Å². The molecule has 1 heterocycles. The van der Waals surface area contributed by atoms with Crippen molar-refractivity contribution >= 4 is 23.9 Å². The van der Waals surface area contributed by atoms with Crippen molar-refractivity contribution in [2.45, 2.75) is 64.5 Å². The summed E-state index contributed by atoms with van der Waals surface area (Å²) in [6.45, 7) is 4.42. The SMILES string of the molecule is COc1cc([C@@H](O[C@@H]2CO[C@@H](OC)[C@H](OC(C)=O)[C@H]2OC(C)=O)[C@H](COC(C)=O)Oc2ccccc2OC)ccc1OC(C)=O. The van der Waals surface area contributed by atoms with Crippen LogP contribution in [0.4, 0.5) is 0 Å². The molecule has 45 heavy (non-hydrogen) atoms. The Labute approximate surface area is 260 Å². The lowest BCUT2D eigenvalue weighted by atomic mass is 10.0. The Bertz CT molecular complexity index is 1330. The van der Waals surface area contributed by atoms with Gasteiger partial charge in [-0.2, -0.15) is 0 Å². The lowest BCUT2D eigenvalue weighted by Gasteiger charge is -2.42. The highest BCUT2D eigenvalue weighted by Gasteiger charge is 2.48. The molecule has 0 radical (unpaired) electrons. The van der Waals surface area contributed by atoms with Crippen molar-refractivity contribution in [2.24, 2.45) is 0 Å². The molecule has 14 nitrogen and oxygen atoms in total. The van der Waals surface area contributed by atoms with E-state index in [1.54, 1.807) is 36.4 Å². The molecule has 1 saturated heterocycles. The van der Waals surface area contributed by atoms with Gasteiger partial charge in [-0.05, 0) is 29.8 Å². The fourth-order valence-electron chi connectivity index (χ4n) is 4.64. The maximum Gasteiger partial charge on any atom is 0.308 e. The third-order valence-corrected chi connectivity index (χ3v) is 6.45. The molecule has 0 aromatic heterocycles. The first-order chi connectivity index (χ1) is 21.5. The van der Waals surface area contributed by atoms with E-state index < -0.39 is 60.7 Å². The second-order valence-corrected chi connectivity index (χ2v) is 9.79. The molecule has 0 unspecified atom stereocenters. The van der Waals surface area contributed by atoms with E-state index in [9.17, 15) is 19.2 Å².